The van der Waals surface area contributed by atoms with Crippen LogP contribution in [0.2, 0.25) is 0 Å². The van der Waals surface area contributed by atoms with Gasteiger partial charge in [-0.15, -0.1) is 0 Å². The fraction of sp³-hybridized carbons (Fsp3) is 0.455. The third kappa shape index (κ3) is 2.84. The van der Waals surface area contributed by atoms with E-state index in [4.69, 9.17) is 21.4 Å². The molecule has 110 valence electrons. The van der Waals surface area contributed by atoms with Gasteiger partial charge in [-0.05, 0) is 6.08 Å². The predicted octanol–water partition coefficient (Wildman–Crippen LogP) is -0.200. The second kappa shape index (κ2) is 6.39. The number of nitrogens with one attached hydrogen (secondary N) is 1. The summed E-state index contributed by atoms with van der Waals surface area (Å²) >= 11 is 7.37. The van der Waals surface area contributed by atoms with Crippen LogP contribution in [0.15, 0.2) is 21.3 Å². The number of alkyl halides is 1. The summed E-state index contributed by atoms with van der Waals surface area (Å²) in [4.78, 5) is 25.5. The van der Waals surface area contributed by atoms with Gasteiger partial charge in [-0.1, -0.05) is 34.2 Å². The molecule has 1 saturated heterocycles. The second-order valence-electron chi connectivity index (χ2n) is 4.23. The Morgan fingerprint density at radius 3 is 2.80 bits per heavy atom. The summed E-state index contributed by atoms with van der Waals surface area (Å²) in [7, 11) is 0. The number of aliphatic hydroxyl groups excluding tert-OH is 2. The number of aromatic amines is 1. The monoisotopic (exact) mass is 414 g/mol. The SMILES string of the molecule is O=c1[nH]c(=O)n([C@H]2O[C@@H](CO)C(I)C2O)cc1C=CCl. The molecule has 3 N–H and O–H groups in total. The average Bonchev–Trinajstić information content (AvgIpc) is 2.70. The van der Waals surface area contributed by atoms with Crippen molar-refractivity contribution < 1.29 is 14.9 Å². The molecular weight excluding hydrogens is 402 g/mol. The highest BCUT2D eigenvalue weighted by Gasteiger charge is 2.43. The van der Waals surface area contributed by atoms with Crippen LogP contribution in [-0.4, -0.2) is 42.5 Å². The molecule has 0 bridgehead atoms. The molecular formula is C11H12ClIN2O5. The fourth-order valence-electron chi connectivity index (χ4n) is 1.96. The fourth-order valence-corrected chi connectivity index (χ4v) is 2.85. The van der Waals surface area contributed by atoms with E-state index in [1.54, 1.807) is 0 Å². The summed E-state index contributed by atoms with van der Waals surface area (Å²) in [5.41, 5.74) is 0.0179. The lowest BCUT2D eigenvalue weighted by Gasteiger charge is -2.17. The number of rotatable bonds is 3. The van der Waals surface area contributed by atoms with Crippen molar-refractivity contribution in [3.8, 4) is 0 Å². The van der Waals surface area contributed by atoms with E-state index in [9.17, 15) is 14.7 Å². The zero-order valence-corrected chi connectivity index (χ0v) is 13.0. The van der Waals surface area contributed by atoms with Gasteiger partial charge in [-0.3, -0.25) is 14.3 Å². The highest BCUT2D eigenvalue weighted by molar-refractivity contribution is 14.1. The topological polar surface area (TPSA) is 105 Å². The molecule has 0 saturated carbocycles. The molecule has 7 nitrogen and oxygen atoms in total. The van der Waals surface area contributed by atoms with Crippen molar-refractivity contribution in [2.45, 2.75) is 22.4 Å². The molecule has 0 aliphatic carbocycles. The molecule has 0 aromatic carbocycles. The maximum absolute atomic E-state index is 11.8. The third-order valence-corrected chi connectivity index (χ3v) is 4.64. The standard InChI is InChI=1S/C11H12ClIN2O5/c12-2-1-5-3-15(11(19)14-9(5)18)10-8(17)7(13)6(4-16)20-10/h1-3,6-8,10,16-17H,4H2,(H,14,18,19)/t6-,7?,8?,10-/m0/s1. The molecule has 2 rings (SSSR count). The maximum atomic E-state index is 11.8. The van der Waals surface area contributed by atoms with Gasteiger partial charge in [0.05, 0.1) is 22.2 Å². The van der Waals surface area contributed by atoms with Gasteiger partial charge < -0.3 is 14.9 Å². The van der Waals surface area contributed by atoms with Crippen LogP contribution in [0.1, 0.15) is 11.8 Å². The van der Waals surface area contributed by atoms with Gasteiger partial charge in [0, 0.05) is 11.7 Å². The van der Waals surface area contributed by atoms with E-state index < -0.39 is 29.7 Å². The average molecular weight is 415 g/mol. The summed E-state index contributed by atoms with van der Waals surface area (Å²) in [5.74, 6) is 0. The van der Waals surface area contributed by atoms with E-state index in [0.717, 1.165) is 10.1 Å². The van der Waals surface area contributed by atoms with Crippen LogP contribution in [0.3, 0.4) is 0 Å². The number of H-pyrrole nitrogens is 1. The van der Waals surface area contributed by atoms with Gasteiger partial charge in [0.25, 0.3) is 5.56 Å². The minimum atomic E-state index is -0.982. The highest BCUT2D eigenvalue weighted by Crippen LogP contribution is 2.33. The Labute approximate surface area is 132 Å². The molecule has 1 aromatic heterocycles. The van der Waals surface area contributed by atoms with Crippen molar-refractivity contribution in [2.24, 2.45) is 0 Å². The molecule has 2 heterocycles. The van der Waals surface area contributed by atoms with Gasteiger partial charge in [0.1, 0.15) is 6.10 Å². The van der Waals surface area contributed by atoms with Crippen LogP contribution in [0.5, 0.6) is 0 Å². The Morgan fingerprint density at radius 2 is 2.25 bits per heavy atom. The Balaban J connectivity index is 2.46. The van der Waals surface area contributed by atoms with Crippen molar-refractivity contribution in [2.75, 3.05) is 6.61 Å². The maximum Gasteiger partial charge on any atom is 0.330 e. The highest BCUT2D eigenvalue weighted by atomic mass is 127. The molecule has 0 radical (unpaired) electrons. The number of hydrogen-bond acceptors (Lipinski definition) is 5. The van der Waals surface area contributed by atoms with Crippen molar-refractivity contribution in [1.82, 2.24) is 9.55 Å². The van der Waals surface area contributed by atoms with Gasteiger partial charge in [0.15, 0.2) is 6.23 Å². The Kier molecular flexibility index (Phi) is 5.02. The minimum absolute atomic E-state index is 0.160. The first-order chi connectivity index (χ1) is 9.49. The van der Waals surface area contributed by atoms with Crippen LogP contribution in [0, 0.1) is 0 Å². The molecule has 0 amide bonds. The Hall–Kier alpha value is -0.680. The quantitative estimate of drug-likeness (QED) is 0.469. The zero-order valence-electron chi connectivity index (χ0n) is 10.1. The molecule has 1 aliphatic rings. The molecule has 9 heteroatoms. The molecule has 20 heavy (non-hydrogen) atoms. The van der Waals surface area contributed by atoms with Gasteiger partial charge in [-0.25, -0.2) is 4.79 Å². The largest absolute Gasteiger partial charge is 0.394 e. The first-order valence-electron chi connectivity index (χ1n) is 5.70. The normalized spacial score (nSPS) is 30.2. The van der Waals surface area contributed by atoms with Crippen LogP contribution >= 0.6 is 34.2 Å². The zero-order chi connectivity index (χ0) is 14.9. The summed E-state index contributed by atoms with van der Waals surface area (Å²) in [5, 5.41) is 19.2. The smallest absolute Gasteiger partial charge is 0.330 e. The second-order valence-corrected chi connectivity index (χ2v) is 5.92. The Bertz CT molecular complexity index is 628. The van der Waals surface area contributed by atoms with Crippen LogP contribution in [0.4, 0.5) is 0 Å². The molecule has 1 aliphatic heterocycles. The number of nitrogens with zero attached hydrogens (tertiary/aromatic N) is 1. The number of hydrogen-bond donors (Lipinski definition) is 3. The van der Waals surface area contributed by atoms with E-state index >= 15 is 0 Å². The summed E-state index contributed by atoms with van der Waals surface area (Å²) in [6.07, 6.45) is 0.0475. The molecule has 0 spiro atoms. The Morgan fingerprint density at radius 1 is 1.55 bits per heavy atom. The minimum Gasteiger partial charge on any atom is -0.394 e. The number of halogens is 2. The number of aliphatic hydroxyl groups is 2. The predicted molar refractivity (Wildman–Crippen MR) is 81.0 cm³/mol. The van der Waals surface area contributed by atoms with Crippen LogP contribution in [-0.2, 0) is 4.74 Å². The lowest BCUT2D eigenvalue weighted by atomic mass is 10.2. The first-order valence-corrected chi connectivity index (χ1v) is 7.38. The van der Waals surface area contributed by atoms with Crippen molar-refractivity contribution in [3.63, 3.8) is 0 Å². The van der Waals surface area contributed by atoms with Gasteiger partial charge in [-0.2, -0.15) is 0 Å². The van der Waals surface area contributed by atoms with Gasteiger partial charge in [0.2, 0.25) is 0 Å². The van der Waals surface area contributed by atoms with E-state index in [0.29, 0.717) is 0 Å². The van der Waals surface area contributed by atoms with Crippen molar-refractivity contribution in [1.29, 1.82) is 0 Å². The first kappa shape index (κ1) is 15.7. The molecule has 1 fully saturated rings. The van der Waals surface area contributed by atoms with E-state index in [1.165, 1.54) is 12.3 Å². The number of ether oxygens (including phenoxy) is 1. The van der Waals surface area contributed by atoms with E-state index in [1.807, 2.05) is 22.6 Å². The van der Waals surface area contributed by atoms with Crippen LogP contribution in [0.25, 0.3) is 6.08 Å². The van der Waals surface area contributed by atoms with Gasteiger partial charge >= 0.3 is 5.69 Å². The van der Waals surface area contributed by atoms with Crippen molar-refractivity contribution >= 4 is 40.3 Å². The van der Waals surface area contributed by atoms with Crippen molar-refractivity contribution in [3.05, 3.63) is 38.1 Å². The third-order valence-electron chi connectivity index (χ3n) is 2.98. The van der Waals surface area contributed by atoms with E-state index in [-0.39, 0.29) is 16.1 Å². The lowest BCUT2D eigenvalue weighted by molar-refractivity contribution is -0.0530. The van der Waals surface area contributed by atoms with Crippen LogP contribution < -0.4 is 11.2 Å². The lowest BCUT2D eigenvalue weighted by Crippen LogP contribution is -2.37. The summed E-state index contributed by atoms with van der Waals surface area (Å²) < 4.78 is 6.17. The molecule has 4 atom stereocenters. The van der Waals surface area contributed by atoms with E-state index in [2.05, 4.69) is 4.98 Å². The summed E-state index contributed by atoms with van der Waals surface area (Å²) in [6.45, 7) is -0.270. The summed E-state index contributed by atoms with van der Waals surface area (Å²) in [6, 6.07) is 0. The molecule has 2 unspecified atom stereocenters. The number of aromatic nitrogens is 2. The molecule has 1 aromatic rings.